The number of carbonyl (C=O) groups is 1. The second kappa shape index (κ2) is 10.5. The van der Waals surface area contributed by atoms with Crippen molar-refractivity contribution in [2.24, 2.45) is 5.92 Å². The quantitative estimate of drug-likeness (QED) is 0.543. The summed E-state index contributed by atoms with van der Waals surface area (Å²) in [4.78, 5) is 15.9. The molecule has 0 atom stereocenters. The van der Waals surface area contributed by atoms with Crippen LogP contribution in [-0.2, 0) is 4.79 Å². The van der Waals surface area contributed by atoms with Gasteiger partial charge in [0.05, 0.1) is 12.8 Å². The van der Waals surface area contributed by atoms with E-state index in [1.165, 1.54) is 11.3 Å². The zero-order valence-corrected chi connectivity index (χ0v) is 14.1. The summed E-state index contributed by atoms with van der Waals surface area (Å²) in [6, 6.07) is 0. The molecule has 22 heavy (non-hydrogen) atoms. The van der Waals surface area contributed by atoms with Gasteiger partial charge in [-0.1, -0.05) is 38.0 Å². The van der Waals surface area contributed by atoms with Crippen LogP contribution in [0.3, 0.4) is 0 Å². The van der Waals surface area contributed by atoms with E-state index < -0.39 is 6.29 Å². The van der Waals surface area contributed by atoms with Gasteiger partial charge in [0.1, 0.15) is 5.00 Å². The number of rotatable bonds is 11. The van der Waals surface area contributed by atoms with E-state index >= 15 is 0 Å². The number of hydrogen-bond donors (Lipinski definition) is 3. The second-order valence-electron chi connectivity index (χ2n) is 5.23. The molecule has 0 aliphatic carbocycles. The number of anilines is 1. The maximum atomic E-state index is 11.8. The summed E-state index contributed by atoms with van der Waals surface area (Å²) >= 11 is 1.23. The molecular weight excluding hydrogens is 304 g/mol. The van der Waals surface area contributed by atoms with Crippen LogP contribution in [0.1, 0.15) is 52.4 Å². The van der Waals surface area contributed by atoms with Gasteiger partial charge in [-0.2, -0.15) is 0 Å². The number of aromatic nitrogens is 1. The van der Waals surface area contributed by atoms with E-state index in [0.29, 0.717) is 22.5 Å². The van der Waals surface area contributed by atoms with Gasteiger partial charge in [-0.15, -0.1) is 0 Å². The number of nitrogens with zero attached hydrogens (tertiary/aromatic N) is 1. The molecule has 0 saturated heterocycles. The monoisotopic (exact) mass is 330 g/mol. The van der Waals surface area contributed by atoms with Crippen LogP contribution in [0.4, 0.5) is 5.00 Å². The number of aliphatic hydroxyl groups excluding tert-OH is 1. The molecule has 1 amide bonds. The van der Waals surface area contributed by atoms with Crippen molar-refractivity contribution in [1.29, 1.82) is 0 Å². The smallest absolute Gasteiger partial charge is 0.275 e. The molecule has 0 radical (unpaired) electrons. The second-order valence-corrected chi connectivity index (χ2v) is 6.22. The van der Waals surface area contributed by atoms with Crippen molar-refractivity contribution in [2.75, 3.05) is 11.9 Å². The number of thiazole rings is 1. The molecule has 0 aromatic carbocycles. The summed E-state index contributed by atoms with van der Waals surface area (Å²) in [5, 5.41) is 21.3. The highest BCUT2D eigenvalue weighted by Gasteiger charge is 2.09. The van der Waals surface area contributed by atoms with Crippen LogP contribution in [0.25, 0.3) is 0 Å². The molecule has 1 aromatic heterocycles. The molecule has 3 N–H and O–H groups in total. The Labute approximate surface area is 135 Å². The number of ether oxygens (including phenoxy) is 1. The molecule has 7 heteroatoms. The third kappa shape index (κ3) is 7.72. The van der Waals surface area contributed by atoms with Crippen molar-refractivity contribution in [3.63, 3.8) is 0 Å². The van der Waals surface area contributed by atoms with E-state index in [0.717, 1.165) is 25.7 Å². The Morgan fingerprint density at radius 1 is 1.36 bits per heavy atom. The first-order valence-corrected chi connectivity index (χ1v) is 8.61. The Morgan fingerprint density at radius 3 is 2.73 bits per heavy atom. The van der Waals surface area contributed by atoms with Gasteiger partial charge in [0.2, 0.25) is 5.91 Å². The van der Waals surface area contributed by atoms with E-state index in [2.05, 4.69) is 24.1 Å². The largest absolute Gasteiger partial charge is 0.470 e. The van der Waals surface area contributed by atoms with Gasteiger partial charge >= 0.3 is 0 Å². The first kappa shape index (κ1) is 18.9. The number of aliphatic hydroxyl groups is 2. The lowest BCUT2D eigenvalue weighted by molar-refractivity contribution is -0.116. The Balaban J connectivity index is 2.25. The number of carbonyl (C=O) groups excluding carboxylic acids is 1. The highest BCUT2D eigenvalue weighted by Crippen LogP contribution is 2.25. The van der Waals surface area contributed by atoms with Gasteiger partial charge in [0, 0.05) is 12.8 Å². The SMILES string of the molecule is CCC(CC)CCCC(=O)Nc1cnc(OCCC(O)O)s1. The van der Waals surface area contributed by atoms with E-state index in [1.807, 2.05) is 0 Å². The number of nitrogens with one attached hydrogen (secondary N) is 1. The van der Waals surface area contributed by atoms with Crippen molar-refractivity contribution >= 4 is 22.2 Å². The van der Waals surface area contributed by atoms with Crippen molar-refractivity contribution in [1.82, 2.24) is 4.98 Å². The van der Waals surface area contributed by atoms with Crippen molar-refractivity contribution < 1.29 is 19.7 Å². The lowest BCUT2D eigenvalue weighted by atomic mass is 9.97. The average Bonchev–Trinajstić information content (AvgIpc) is 2.90. The third-order valence-corrected chi connectivity index (χ3v) is 4.34. The molecule has 6 nitrogen and oxygen atoms in total. The average molecular weight is 330 g/mol. The minimum atomic E-state index is -1.38. The molecule has 0 aliphatic rings. The Morgan fingerprint density at radius 2 is 2.09 bits per heavy atom. The molecule has 126 valence electrons. The molecule has 1 rings (SSSR count). The maximum Gasteiger partial charge on any atom is 0.275 e. The van der Waals surface area contributed by atoms with Gasteiger partial charge in [-0.05, 0) is 18.8 Å². The molecule has 0 aliphatic heterocycles. The number of amides is 1. The fourth-order valence-electron chi connectivity index (χ4n) is 2.08. The first-order valence-electron chi connectivity index (χ1n) is 7.79. The molecule has 1 heterocycles. The van der Waals surface area contributed by atoms with E-state index in [1.54, 1.807) is 6.20 Å². The molecule has 0 saturated carbocycles. The Kier molecular flexibility index (Phi) is 9.03. The minimum Gasteiger partial charge on any atom is -0.470 e. The van der Waals surface area contributed by atoms with Crippen molar-refractivity contribution in [3.05, 3.63) is 6.20 Å². The van der Waals surface area contributed by atoms with Crippen LogP contribution in [-0.4, -0.2) is 34.0 Å². The molecule has 0 fully saturated rings. The van der Waals surface area contributed by atoms with Crippen LogP contribution < -0.4 is 10.1 Å². The highest BCUT2D eigenvalue weighted by molar-refractivity contribution is 7.17. The topological polar surface area (TPSA) is 91.7 Å². The Hall–Kier alpha value is -1.18. The minimum absolute atomic E-state index is 0.00747. The molecular formula is C15H26N2O4S. The van der Waals surface area contributed by atoms with Crippen LogP contribution in [0.15, 0.2) is 6.20 Å². The van der Waals surface area contributed by atoms with E-state index in [-0.39, 0.29) is 18.9 Å². The van der Waals surface area contributed by atoms with E-state index in [9.17, 15) is 4.79 Å². The molecule has 1 aromatic rings. The summed E-state index contributed by atoms with van der Waals surface area (Å²) in [5.74, 6) is 0.699. The molecule has 0 spiro atoms. The molecule has 0 bridgehead atoms. The van der Waals surface area contributed by atoms with E-state index in [4.69, 9.17) is 14.9 Å². The lowest BCUT2D eigenvalue weighted by Gasteiger charge is -2.11. The standard InChI is InChI=1S/C15H26N2O4S/c1-3-11(4-2)6-5-7-12(18)17-13-10-16-15(22-13)21-9-8-14(19)20/h10-11,14,19-20H,3-9H2,1-2H3,(H,17,18). The predicted octanol–water partition coefficient (Wildman–Crippen LogP) is 2.77. The van der Waals surface area contributed by atoms with Gasteiger partial charge in [-0.25, -0.2) is 4.98 Å². The normalized spacial score (nSPS) is 11.2. The zero-order chi connectivity index (χ0) is 16.4. The summed E-state index contributed by atoms with van der Waals surface area (Å²) in [7, 11) is 0. The van der Waals surface area contributed by atoms with Gasteiger partial charge in [-0.3, -0.25) is 4.79 Å². The summed E-state index contributed by atoms with van der Waals surface area (Å²) in [5.41, 5.74) is 0. The first-order chi connectivity index (χ1) is 10.5. The fourth-order valence-corrected chi connectivity index (χ4v) is 2.79. The lowest BCUT2D eigenvalue weighted by Crippen LogP contribution is -2.11. The summed E-state index contributed by atoms with van der Waals surface area (Å²) in [6.45, 7) is 4.54. The summed E-state index contributed by atoms with van der Waals surface area (Å²) in [6.07, 6.45) is 5.11. The number of hydrogen-bond acceptors (Lipinski definition) is 6. The van der Waals surface area contributed by atoms with Gasteiger partial charge < -0.3 is 20.3 Å². The van der Waals surface area contributed by atoms with Crippen LogP contribution >= 0.6 is 11.3 Å². The van der Waals surface area contributed by atoms with Crippen LogP contribution in [0, 0.1) is 5.92 Å². The van der Waals surface area contributed by atoms with Crippen LogP contribution in [0.2, 0.25) is 0 Å². The van der Waals surface area contributed by atoms with Crippen LogP contribution in [0.5, 0.6) is 5.19 Å². The maximum absolute atomic E-state index is 11.8. The fraction of sp³-hybridized carbons (Fsp3) is 0.733. The molecule has 0 unspecified atom stereocenters. The van der Waals surface area contributed by atoms with Gasteiger partial charge in [0.15, 0.2) is 6.29 Å². The Bertz CT molecular complexity index is 433. The van der Waals surface area contributed by atoms with Crippen molar-refractivity contribution in [2.45, 2.75) is 58.7 Å². The van der Waals surface area contributed by atoms with Crippen molar-refractivity contribution in [3.8, 4) is 5.19 Å². The summed E-state index contributed by atoms with van der Waals surface area (Å²) < 4.78 is 5.26. The highest BCUT2D eigenvalue weighted by atomic mass is 32.1. The third-order valence-electron chi connectivity index (χ3n) is 3.52. The predicted molar refractivity (Wildman–Crippen MR) is 87.0 cm³/mol. The zero-order valence-electron chi connectivity index (χ0n) is 13.2. The van der Waals surface area contributed by atoms with Gasteiger partial charge in [0.25, 0.3) is 5.19 Å².